The van der Waals surface area contributed by atoms with Crippen LogP contribution in [0.1, 0.15) is 0 Å². The molecule has 0 spiro atoms. The molecule has 0 aromatic rings. The molecule has 0 bridgehead atoms. The molecule has 0 amide bonds. The lowest BCUT2D eigenvalue weighted by molar-refractivity contribution is 1.49. The SMILES string of the molecule is C#CN[Si]. The molecule has 0 aromatic heterocycles. The zero-order valence-corrected chi connectivity index (χ0v) is 3.08. The van der Waals surface area contributed by atoms with Gasteiger partial charge in [0.25, 0.3) is 0 Å². The van der Waals surface area contributed by atoms with Crippen molar-refractivity contribution in [2.24, 2.45) is 0 Å². The molecule has 0 aromatic carbocycles. The van der Waals surface area contributed by atoms with E-state index in [-0.39, 0.29) is 0 Å². The second-order valence-electron chi connectivity index (χ2n) is 0.269. The maximum absolute atomic E-state index is 4.62. The van der Waals surface area contributed by atoms with Crippen LogP contribution in [0.15, 0.2) is 0 Å². The van der Waals surface area contributed by atoms with Gasteiger partial charge in [0.2, 0.25) is 0 Å². The molecule has 0 saturated heterocycles. The van der Waals surface area contributed by atoms with E-state index in [9.17, 15) is 0 Å². The average molecular weight is 68.1 g/mol. The van der Waals surface area contributed by atoms with Crippen molar-refractivity contribution in [1.82, 2.24) is 4.98 Å². The average Bonchev–Trinajstić information content (AvgIpc) is 1.37. The first kappa shape index (κ1) is 3.58. The lowest BCUT2D eigenvalue weighted by Crippen LogP contribution is -1.93. The largest absolute Gasteiger partial charge is 0.373 e. The second kappa shape index (κ2) is 2.58. The van der Waals surface area contributed by atoms with Crippen LogP contribution < -0.4 is 4.98 Å². The van der Waals surface area contributed by atoms with E-state index in [0.29, 0.717) is 0 Å². The van der Waals surface area contributed by atoms with Gasteiger partial charge in [-0.3, -0.25) is 0 Å². The zero-order valence-electron chi connectivity index (χ0n) is 2.08. The van der Waals surface area contributed by atoms with Gasteiger partial charge in [0, 0.05) is 0 Å². The number of rotatable bonds is 0. The Kier molecular flexibility index (Phi) is 2.30. The van der Waals surface area contributed by atoms with E-state index in [1.807, 2.05) is 0 Å². The lowest BCUT2D eigenvalue weighted by Gasteiger charge is -1.63. The summed E-state index contributed by atoms with van der Waals surface area (Å²) < 4.78 is 0. The van der Waals surface area contributed by atoms with Crippen LogP contribution in [0.3, 0.4) is 0 Å². The van der Waals surface area contributed by atoms with Crippen molar-refractivity contribution < 1.29 is 0 Å². The Balaban J connectivity index is 2.43. The smallest absolute Gasteiger partial charge is 0.196 e. The van der Waals surface area contributed by atoms with Crippen LogP contribution in [-0.4, -0.2) is 10.4 Å². The summed E-state index contributed by atoms with van der Waals surface area (Å²) in [5.74, 6) is 0. The van der Waals surface area contributed by atoms with Crippen LogP contribution >= 0.6 is 0 Å². The second-order valence-corrected chi connectivity index (χ2v) is 0.519. The summed E-state index contributed by atoms with van der Waals surface area (Å²) >= 11 is 0. The summed E-state index contributed by atoms with van der Waals surface area (Å²) in [7, 11) is 2.80. The maximum atomic E-state index is 4.62. The molecular weight excluding hydrogens is 66.1 g/mol. The Bertz CT molecular complexity index is 35.8. The highest BCUT2D eigenvalue weighted by molar-refractivity contribution is 6.05. The molecule has 0 aliphatic heterocycles. The van der Waals surface area contributed by atoms with Crippen molar-refractivity contribution in [1.29, 1.82) is 0 Å². The number of nitrogens with one attached hydrogen (secondary N) is 1. The van der Waals surface area contributed by atoms with Gasteiger partial charge in [-0.2, -0.15) is 0 Å². The summed E-state index contributed by atoms with van der Waals surface area (Å²) in [5.41, 5.74) is 0. The molecule has 4 heavy (non-hydrogen) atoms. The topological polar surface area (TPSA) is 12.0 Å². The number of hydrogen-bond donors (Lipinski definition) is 1. The minimum atomic E-state index is 2.09. The number of terminal acetylenes is 1. The van der Waals surface area contributed by atoms with E-state index < -0.39 is 0 Å². The molecule has 1 nitrogen and oxygen atoms in total. The van der Waals surface area contributed by atoms with Crippen LogP contribution in [0.25, 0.3) is 0 Å². The molecule has 2 heteroatoms. The third-order valence-electron chi connectivity index (χ3n) is 0.0722. The fraction of sp³-hybridized carbons (Fsp3) is 0. The first-order chi connectivity index (χ1) is 1.91. The molecule has 1 N–H and O–H groups in total. The van der Waals surface area contributed by atoms with E-state index in [1.54, 1.807) is 0 Å². The highest BCUT2D eigenvalue weighted by Crippen LogP contribution is 1.14. The fourth-order valence-electron chi connectivity index (χ4n) is 0. The minimum Gasteiger partial charge on any atom is -0.373 e. The quantitative estimate of drug-likeness (QED) is 0.224. The Morgan fingerprint density at radius 1 is 2.00 bits per heavy atom. The molecular formula is C2H2NSi. The van der Waals surface area contributed by atoms with E-state index in [1.165, 1.54) is 0 Å². The van der Waals surface area contributed by atoms with E-state index >= 15 is 0 Å². The van der Waals surface area contributed by atoms with Crippen LogP contribution in [0.5, 0.6) is 0 Å². The Hall–Kier alpha value is -0.423. The molecule has 0 heterocycles. The van der Waals surface area contributed by atoms with Crippen LogP contribution in [0, 0.1) is 12.5 Å². The summed E-state index contributed by atoms with van der Waals surface area (Å²) in [6, 6.07) is 2.09. The molecule has 0 fully saturated rings. The molecule has 0 rings (SSSR count). The van der Waals surface area contributed by atoms with Gasteiger partial charge >= 0.3 is 0 Å². The number of hydrogen-bond acceptors (Lipinski definition) is 1. The molecule has 0 atom stereocenters. The van der Waals surface area contributed by atoms with Crippen LogP contribution in [0.4, 0.5) is 0 Å². The predicted molar refractivity (Wildman–Crippen MR) is 17.7 cm³/mol. The van der Waals surface area contributed by atoms with Crippen molar-refractivity contribution in [3.05, 3.63) is 0 Å². The molecule has 0 aliphatic rings. The van der Waals surface area contributed by atoms with E-state index in [4.69, 9.17) is 0 Å². The van der Waals surface area contributed by atoms with Gasteiger partial charge in [-0.15, -0.1) is 0 Å². The predicted octanol–water partition coefficient (Wildman–Crippen LogP) is -0.750. The van der Waals surface area contributed by atoms with Gasteiger partial charge in [-0.25, -0.2) is 0 Å². The Morgan fingerprint density at radius 3 is 2.25 bits per heavy atom. The van der Waals surface area contributed by atoms with Gasteiger partial charge in [-0.05, 0) is 6.04 Å². The summed E-state index contributed by atoms with van der Waals surface area (Å²) in [5, 5.41) is 0. The Morgan fingerprint density at radius 2 is 2.25 bits per heavy atom. The summed E-state index contributed by atoms with van der Waals surface area (Å²) in [6.07, 6.45) is 4.62. The summed E-state index contributed by atoms with van der Waals surface area (Å²) in [6.45, 7) is 0. The van der Waals surface area contributed by atoms with Gasteiger partial charge in [0.05, 0.1) is 0 Å². The Labute approximate surface area is 28.9 Å². The van der Waals surface area contributed by atoms with Gasteiger partial charge < -0.3 is 4.98 Å². The third kappa shape index (κ3) is 1.58. The highest BCUT2D eigenvalue weighted by Gasteiger charge is 1.36. The standard InChI is InChI=1S/C2H2NSi/c1-2-3-4/h1,3H. The van der Waals surface area contributed by atoms with Gasteiger partial charge in [-0.1, -0.05) is 6.42 Å². The van der Waals surface area contributed by atoms with Gasteiger partial charge in [0.1, 0.15) is 0 Å². The van der Waals surface area contributed by atoms with Crippen molar-refractivity contribution in [2.45, 2.75) is 0 Å². The van der Waals surface area contributed by atoms with Crippen LogP contribution in [-0.2, 0) is 0 Å². The van der Waals surface area contributed by atoms with Gasteiger partial charge in [0.15, 0.2) is 10.4 Å². The first-order valence-corrected chi connectivity index (χ1v) is 1.29. The van der Waals surface area contributed by atoms with Crippen molar-refractivity contribution in [2.75, 3.05) is 0 Å². The minimum absolute atomic E-state index is 2.09. The fourth-order valence-corrected chi connectivity index (χ4v) is 0. The molecule has 3 radical (unpaired) electrons. The maximum Gasteiger partial charge on any atom is 0.196 e. The molecule has 0 unspecified atom stereocenters. The van der Waals surface area contributed by atoms with Crippen molar-refractivity contribution >= 4 is 10.4 Å². The third-order valence-corrected chi connectivity index (χ3v) is 0.217. The van der Waals surface area contributed by atoms with Crippen molar-refractivity contribution in [3.63, 3.8) is 0 Å². The molecule has 0 aliphatic carbocycles. The van der Waals surface area contributed by atoms with E-state index in [0.717, 1.165) is 0 Å². The monoisotopic (exact) mass is 68.0 g/mol. The summed E-state index contributed by atoms with van der Waals surface area (Å²) in [4.78, 5) is 2.26. The zero-order chi connectivity index (χ0) is 3.41. The highest BCUT2D eigenvalue weighted by atomic mass is 28.2. The van der Waals surface area contributed by atoms with Crippen molar-refractivity contribution in [3.8, 4) is 12.5 Å². The van der Waals surface area contributed by atoms with E-state index in [2.05, 4.69) is 27.9 Å². The van der Waals surface area contributed by atoms with Crippen LogP contribution in [0.2, 0.25) is 0 Å². The lowest BCUT2D eigenvalue weighted by atomic mass is 11.2. The first-order valence-electron chi connectivity index (χ1n) is 0.789. The molecule has 19 valence electrons. The normalized spacial score (nSPS) is 4.00. The molecule has 0 saturated carbocycles.